The van der Waals surface area contributed by atoms with E-state index in [1.807, 2.05) is 18.2 Å². The third-order valence-electron chi connectivity index (χ3n) is 7.24. The molecule has 0 amide bonds. The second-order valence-corrected chi connectivity index (χ2v) is 14.9. The van der Waals surface area contributed by atoms with Crippen molar-refractivity contribution < 1.29 is 13.7 Å². The van der Waals surface area contributed by atoms with Crippen LogP contribution in [0.3, 0.4) is 0 Å². The second kappa shape index (κ2) is 22.1. The minimum Gasteiger partial charge on any atom is -0.0622 e. The van der Waals surface area contributed by atoms with Gasteiger partial charge in [0.1, 0.15) is 0 Å². The van der Waals surface area contributed by atoms with E-state index in [-0.39, 0.29) is 0 Å². The normalized spacial score (nSPS) is 10.0. The standard InChI is InChI=1S/2C18H15P.C8H9.BrH.Ni/c2*1-4-10-16(11-5-1)19(17-12-6-2-7-13-17)18-14-8-3-9-15-18;1-2-8-6-4-3-5-7-8;;/h2*1-15H;3-6H,2H2,1H3;1H;/q;;-1;;+1/p-1. The quantitative estimate of drug-likeness (QED) is 0.0862. The fourth-order valence-electron chi connectivity index (χ4n) is 5.01. The molecule has 48 heavy (non-hydrogen) atoms. The smallest absolute Gasteiger partial charge is 0.0134 e. The Kier molecular flexibility index (Phi) is 17.1. The van der Waals surface area contributed by atoms with Crippen LogP contribution in [-0.2, 0) is 20.1 Å². The zero-order valence-electron chi connectivity index (χ0n) is 26.9. The van der Waals surface area contributed by atoms with Crippen molar-refractivity contribution in [2.45, 2.75) is 13.3 Å². The molecule has 7 aromatic rings. The number of hydrogen-bond donors (Lipinski definition) is 0. The molecule has 0 saturated carbocycles. The summed E-state index contributed by atoms with van der Waals surface area (Å²) in [6, 6.07) is 75.8. The molecule has 4 heteroatoms. The first-order chi connectivity index (χ1) is 23.8. The molecule has 0 radical (unpaired) electrons. The molecule has 0 spiro atoms. The predicted molar refractivity (Wildman–Crippen MR) is 214 cm³/mol. The number of aryl methyl sites for hydroxylation is 1. The Morgan fingerprint density at radius 2 is 0.604 bits per heavy atom. The first kappa shape index (κ1) is 37.2. The van der Waals surface area contributed by atoms with Gasteiger partial charge in [0.25, 0.3) is 0 Å². The molecule has 0 heterocycles. The summed E-state index contributed by atoms with van der Waals surface area (Å²) >= 11 is 6.25. The molecule has 0 fully saturated rings. The SMILES string of the molecule is CCc1[c-]cccc1.[Ni][Br].c1ccc(P(c2ccccc2)c2ccccc2)cc1.c1ccc(P(c2ccccc2)c2ccccc2)cc1. The van der Waals surface area contributed by atoms with Gasteiger partial charge in [0.2, 0.25) is 0 Å². The molecule has 0 N–H and O–H groups in total. The summed E-state index contributed by atoms with van der Waals surface area (Å²) in [7, 11) is -0.892. The van der Waals surface area contributed by atoms with Crippen LogP contribution in [0.2, 0.25) is 0 Å². The summed E-state index contributed by atoms with van der Waals surface area (Å²) in [6.07, 6.45) is 1.08. The predicted octanol–water partition coefficient (Wildman–Crippen LogP) is 9.78. The van der Waals surface area contributed by atoms with Gasteiger partial charge in [-0.25, -0.2) is 0 Å². The maximum absolute atomic E-state index is 3.69. The average molecular weight is 768 g/mol. The fourth-order valence-corrected chi connectivity index (χ4v) is 9.62. The zero-order valence-corrected chi connectivity index (χ0v) is 31.3. The van der Waals surface area contributed by atoms with E-state index in [0.29, 0.717) is 0 Å². The molecule has 0 aliphatic rings. The summed E-state index contributed by atoms with van der Waals surface area (Å²) in [5.74, 6) is 0. The fraction of sp³-hybridized carbons (Fsp3) is 0.0455. The largest absolute Gasteiger partial charge is 0.0622 e. The van der Waals surface area contributed by atoms with Crippen LogP contribution in [0.5, 0.6) is 0 Å². The Morgan fingerprint density at radius 1 is 0.375 bits per heavy atom. The van der Waals surface area contributed by atoms with E-state index in [9.17, 15) is 0 Å². The maximum atomic E-state index is 3.69. The van der Waals surface area contributed by atoms with Crippen molar-refractivity contribution >= 4 is 61.9 Å². The van der Waals surface area contributed by atoms with E-state index in [1.165, 1.54) is 37.4 Å². The monoisotopic (exact) mass is 766 g/mol. The summed E-state index contributed by atoms with van der Waals surface area (Å²) in [6.45, 7) is 2.13. The van der Waals surface area contributed by atoms with Crippen LogP contribution in [0.25, 0.3) is 0 Å². The van der Waals surface area contributed by atoms with Crippen molar-refractivity contribution in [3.8, 4) is 0 Å². The first-order valence-electron chi connectivity index (χ1n) is 15.8. The van der Waals surface area contributed by atoms with Crippen LogP contribution in [0.4, 0.5) is 0 Å². The van der Waals surface area contributed by atoms with Crippen molar-refractivity contribution in [2.24, 2.45) is 0 Å². The first-order valence-corrected chi connectivity index (χ1v) is 20.9. The van der Waals surface area contributed by atoms with E-state index in [0.717, 1.165) is 6.42 Å². The van der Waals surface area contributed by atoms with E-state index in [4.69, 9.17) is 0 Å². The molecule has 0 bridgehead atoms. The van der Waals surface area contributed by atoms with E-state index < -0.39 is 15.8 Å². The van der Waals surface area contributed by atoms with E-state index >= 15 is 0 Å². The molecule has 0 atom stereocenters. The maximum Gasteiger partial charge on any atom is -0.0134 e. The molecule has 0 nitrogen and oxygen atoms in total. The molecule has 0 saturated heterocycles. The van der Waals surface area contributed by atoms with Gasteiger partial charge in [0.15, 0.2) is 0 Å². The van der Waals surface area contributed by atoms with Crippen molar-refractivity contribution in [1.82, 2.24) is 0 Å². The Morgan fingerprint density at radius 3 is 0.771 bits per heavy atom. The summed E-state index contributed by atoms with van der Waals surface area (Å²) in [4.78, 5) is 0. The average Bonchev–Trinajstić information content (AvgIpc) is 3.19. The minimum atomic E-state index is -0.446. The van der Waals surface area contributed by atoms with Crippen molar-refractivity contribution in [2.75, 3.05) is 0 Å². The molecular formula is C44H39BrNiP2-. The van der Waals surface area contributed by atoms with Crippen molar-refractivity contribution in [3.63, 3.8) is 0 Å². The van der Waals surface area contributed by atoms with Crippen LogP contribution in [-0.4, -0.2) is 0 Å². The van der Waals surface area contributed by atoms with Crippen molar-refractivity contribution in [1.29, 1.82) is 0 Å². The van der Waals surface area contributed by atoms with Gasteiger partial charge in [-0.15, -0.1) is 0 Å². The number of hydrogen-bond acceptors (Lipinski definition) is 0. The van der Waals surface area contributed by atoms with Gasteiger partial charge < -0.3 is 0 Å². The van der Waals surface area contributed by atoms with E-state index in [2.05, 4.69) is 229 Å². The van der Waals surface area contributed by atoms with Crippen LogP contribution in [0.15, 0.2) is 206 Å². The molecule has 0 unspecified atom stereocenters. The molecular weight excluding hydrogens is 729 g/mol. The summed E-state index contributed by atoms with van der Waals surface area (Å²) < 4.78 is 0. The second-order valence-electron chi connectivity index (χ2n) is 10.4. The topological polar surface area (TPSA) is 0 Å². The number of rotatable bonds is 7. The molecule has 0 aromatic heterocycles. The molecule has 7 aromatic carbocycles. The van der Waals surface area contributed by atoms with Gasteiger partial charge in [-0.2, -0.15) is 35.9 Å². The Hall–Kier alpha value is -3.63. The summed E-state index contributed by atoms with van der Waals surface area (Å²) in [5, 5.41) is 8.39. The Bertz CT molecular complexity index is 1490. The van der Waals surface area contributed by atoms with Gasteiger partial charge in [0.05, 0.1) is 0 Å². The van der Waals surface area contributed by atoms with Gasteiger partial charge >= 0.3 is 27.9 Å². The van der Waals surface area contributed by atoms with Gasteiger partial charge in [-0.05, 0) is 47.7 Å². The van der Waals surface area contributed by atoms with Crippen LogP contribution >= 0.6 is 30.1 Å². The van der Waals surface area contributed by atoms with Crippen LogP contribution < -0.4 is 31.8 Å². The minimum absolute atomic E-state index is 0.446. The third-order valence-corrected chi connectivity index (χ3v) is 12.1. The molecule has 243 valence electrons. The zero-order chi connectivity index (χ0) is 33.7. The van der Waals surface area contributed by atoms with Crippen LogP contribution in [0, 0.1) is 6.07 Å². The Labute approximate surface area is 305 Å². The summed E-state index contributed by atoms with van der Waals surface area (Å²) in [5.41, 5.74) is 1.28. The van der Waals surface area contributed by atoms with Gasteiger partial charge in [-0.1, -0.05) is 195 Å². The molecule has 0 aliphatic heterocycles. The van der Waals surface area contributed by atoms with Crippen LogP contribution in [0.1, 0.15) is 12.5 Å². The molecule has 7 rings (SSSR count). The molecule has 0 aliphatic carbocycles. The van der Waals surface area contributed by atoms with E-state index in [1.54, 1.807) is 0 Å². The Balaban J connectivity index is 0.000000170. The number of halogens is 1. The van der Waals surface area contributed by atoms with Crippen molar-refractivity contribution in [3.05, 3.63) is 218 Å². The third kappa shape index (κ3) is 11.8. The van der Waals surface area contributed by atoms with Gasteiger partial charge in [0, 0.05) is 0 Å². The number of benzene rings is 7. The van der Waals surface area contributed by atoms with Gasteiger partial charge in [-0.3, -0.25) is 0 Å².